The molecule has 0 aliphatic carbocycles. The van der Waals surface area contributed by atoms with Gasteiger partial charge in [0.15, 0.2) is 6.61 Å². The zero-order valence-electron chi connectivity index (χ0n) is 12.2. The molecule has 0 aliphatic heterocycles. The molecule has 0 atom stereocenters. The fraction of sp³-hybridized carbons (Fsp3) is 0.125. The van der Waals surface area contributed by atoms with E-state index in [9.17, 15) is 9.59 Å². The SMILES string of the molecule is CNC(=O)c1ccccc1NC(=O)COc1cc(Cl)ccc1Cl. The molecule has 0 aliphatic rings. The number of ether oxygens (including phenoxy) is 1. The van der Waals surface area contributed by atoms with E-state index in [2.05, 4.69) is 10.6 Å². The lowest BCUT2D eigenvalue weighted by Gasteiger charge is -2.11. The highest BCUT2D eigenvalue weighted by atomic mass is 35.5. The van der Waals surface area contributed by atoms with Crippen molar-refractivity contribution >= 4 is 40.7 Å². The highest BCUT2D eigenvalue weighted by Gasteiger charge is 2.12. The summed E-state index contributed by atoms with van der Waals surface area (Å²) in [6, 6.07) is 11.4. The topological polar surface area (TPSA) is 67.4 Å². The van der Waals surface area contributed by atoms with E-state index in [1.54, 1.807) is 36.4 Å². The lowest BCUT2D eigenvalue weighted by molar-refractivity contribution is -0.118. The molecule has 0 aromatic heterocycles. The highest BCUT2D eigenvalue weighted by Crippen LogP contribution is 2.27. The van der Waals surface area contributed by atoms with E-state index in [-0.39, 0.29) is 12.5 Å². The Morgan fingerprint density at radius 2 is 1.87 bits per heavy atom. The average molecular weight is 353 g/mol. The van der Waals surface area contributed by atoms with Crippen LogP contribution in [0.15, 0.2) is 42.5 Å². The molecule has 2 aromatic rings. The maximum absolute atomic E-state index is 12.0. The Bertz CT molecular complexity index is 735. The normalized spacial score (nSPS) is 10.0. The first-order chi connectivity index (χ1) is 11.0. The smallest absolute Gasteiger partial charge is 0.262 e. The van der Waals surface area contributed by atoms with Crippen molar-refractivity contribution in [3.63, 3.8) is 0 Å². The van der Waals surface area contributed by atoms with E-state index in [1.165, 1.54) is 13.1 Å². The van der Waals surface area contributed by atoms with Crippen LogP contribution in [-0.4, -0.2) is 25.5 Å². The number of amides is 2. The van der Waals surface area contributed by atoms with Crippen molar-refractivity contribution in [2.75, 3.05) is 19.0 Å². The molecule has 2 aromatic carbocycles. The van der Waals surface area contributed by atoms with Crippen LogP contribution in [0, 0.1) is 0 Å². The molecule has 23 heavy (non-hydrogen) atoms. The van der Waals surface area contributed by atoms with E-state index >= 15 is 0 Å². The summed E-state index contributed by atoms with van der Waals surface area (Å²) in [4.78, 5) is 23.8. The zero-order valence-corrected chi connectivity index (χ0v) is 13.7. The number of benzene rings is 2. The number of carbonyl (C=O) groups is 2. The summed E-state index contributed by atoms with van der Waals surface area (Å²) >= 11 is 11.8. The Morgan fingerprint density at radius 1 is 1.13 bits per heavy atom. The minimum atomic E-state index is -0.419. The Labute approximate surface area is 143 Å². The van der Waals surface area contributed by atoms with Gasteiger partial charge in [-0.2, -0.15) is 0 Å². The van der Waals surface area contributed by atoms with Crippen molar-refractivity contribution < 1.29 is 14.3 Å². The fourth-order valence-electron chi connectivity index (χ4n) is 1.84. The minimum Gasteiger partial charge on any atom is -0.482 e. The summed E-state index contributed by atoms with van der Waals surface area (Å²) in [5.74, 6) is -0.397. The van der Waals surface area contributed by atoms with E-state index in [0.717, 1.165) is 0 Å². The quantitative estimate of drug-likeness (QED) is 0.866. The fourth-order valence-corrected chi connectivity index (χ4v) is 2.18. The molecule has 0 fully saturated rings. The van der Waals surface area contributed by atoms with Gasteiger partial charge in [0.1, 0.15) is 5.75 Å². The number of hydrogen-bond donors (Lipinski definition) is 2. The van der Waals surface area contributed by atoms with E-state index in [0.29, 0.717) is 27.0 Å². The summed E-state index contributed by atoms with van der Waals surface area (Å²) in [5.41, 5.74) is 0.766. The van der Waals surface area contributed by atoms with Crippen molar-refractivity contribution in [3.8, 4) is 5.75 Å². The third-order valence-electron chi connectivity index (χ3n) is 2.92. The van der Waals surface area contributed by atoms with Crippen molar-refractivity contribution in [3.05, 3.63) is 58.1 Å². The van der Waals surface area contributed by atoms with Gasteiger partial charge in [-0.3, -0.25) is 9.59 Å². The van der Waals surface area contributed by atoms with Gasteiger partial charge >= 0.3 is 0 Å². The molecule has 5 nitrogen and oxygen atoms in total. The van der Waals surface area contributed by atoms with Crippen LogP contribution in [0.25, 0.3) is 0 Å². The second kappa shape index (κ2) is 7.85. The number of carbonyl (C=O) groups excluding carboxylic acids is 2. The van der Waals surface area contributed by atoms with Gasteiger partial charge in [0.2, 0.25) is 0 Å². The molecular weight excluding hydrogens is 339 g/mol. The zero-order chi connectivity index (χ0) is 16.8. The lowest BCUT2D eigenvalue weighted by Crippen LogP contribution is -2.24. The third kappa shape index (κ3) is 4.61. The predicted molar refractivity (Wildman–Crippen MR) is 90.4 cm³/mol. The van der Waals surface area contributed by atoms with Crippen LogP contribution in [0.5, 0.6) is 5.75 Å². The van der Waals surface area contributed by atoms with Crippen molar-refractivity contribution in [2.45, 2.75) is 0 Å². The van der Waals surface area contributed by atoms with Gasteiger partial charge < -0.3 is 15.4 Å². The van der Waals surface area contributed by atoms with Crippen molar-refractivity contribution in [2.24, 2.45) is 0 Å². The van der Waals surface area contributed by atoms with E-state index in [4.69, 9.17) is 27.9 Å². The van der Waals surface area contributed by atoms with Crippen LogP contribution in [0.4, 0.5) is 5.69 Å². The first-order valence-corrected chi connectivity index (χ1v) is 7.45. The highest BCUT2D eigenvalue weighted by molar-refractivity contribution is 6.34. The van der Waals surface area contributed by atoms with Gasteiger partial charge in [0, 0.05) is 18.1 Å². The van der Waals surface area contributed by atoms with Crippen molar-refractivity contribution in [1.29, 1.82) is 0 Å². The second-order valence-corrected chi connectivity index (χ2v) is 5.38. The number of rotatable bonds is 5. The van der Waals surface area contributed by atoms with Gasteiger partial charge in [-0.05, 0) is 24.3 Å². The monoisotopic (exact) mass is 352 g/mol. The Kier molecular flexibility index (Phi) is 5.84. The molecule has 2 N–H and O–H groups in total. The van der Waals surface area contributed by atoms with Gasteiger partial charge in [-0.1, -0.05) is 35.3 Å². The lowest BCUT2D eigenvalue weighted by atomic mass is 10.1. The second-order valence-electron chi connectivity index (χ2n) is 4.54. The van der Waals surface area contributed by atoms with Crippen LogP contribution in [0.1, 0.15) is 10.4 Å². The van der Waals surface area contributed by atoms with Gasteiger partial charge in [0.25, 0.3) is 11.8 Å². The average Bonchev–Trinajstić information content (AvgIpc) is 2.55. The van der Waals surface area contributed by atoms with E-state index in [1.807, 2.05) is 0 Å². The molecule has 0 bridgehead atoms. The molecule has 2 amide bonds. The van der Waals surface area contributed by atoms with Gasteiger partial charge in [-0.15, -0.1) is 0 Å². The summed E-state index contributed by atoms with van der Waals surface area (Å²) in [6.07, 6.45) is 0. The number of halogens is 2. The molecular formula is C16H14Cl2N2O3. The summed E-state index contributed by atoms with van der Waals surface area (Å²) in [6.45, 7) is -0.262. The number of para-hydroxylation sites is 1. The van der Waals surface area contributed by atoms with Crippen LogP contribution in [0.3, 0.4) is 0 Å². The first kappa shape index (κ1) is 17.1. The number of hydrogen-bond acceptors (Lipinski definition) is 3. The van der Waals surface area contributed by atoms with Crippen LogP contribution >= 0.6 is 23.2 Å². The molecule has 7 heteroatoms. The number of nitrogens with one attached hydrogen (secondary N) is 2. The summed E-state index contributed by atoms with van der Waals surface area (Å²) in [5, 5.41) is 5.95. The number of anilines is 1. The molecule has 0 saturated carbocycles. The standard InChI is InChI=1S/C16H14Cl2N2O3/c1-19-16(22)11-4-2-3-5-13(11)20-15(21)9-23-14-8-10(17)6-7-12(14)18/h2-8H,9H2,1H3,(H,19,22)(H,20,21). The van der Waals surface area contributed by atoms with Crippen LogP contribution < -0.4 is 15.4 Å². The molecule has 120 valence electrons. The van der Waals surface area contributed by atoms with Gasteiger partial charge in [0.05, 0.1) is 16.3 Å². The summed E-state index contributed by atoms with van der Waals surface area (Å²) < 4.78 is 5.35. The molecule has 0 spiro atoms. The Hall–Kier alpha value is -2.24. The molecule has 0 saturated heterocycles. The molecule has 0 radical (unpaired) electrons. The van der Waals surface area contributed by atoms with Crippen LogP contribution in [0.2, 0.25) is 10.0 Å². The Balaban J connectivity index is 2.03. The molecule has 0 unspecified atom stereocenters. The molecule has 0 heterocycles. The summed E-state index contributed by atoms with van der Waals surface area (Å²) in [7, 11) is 1.52. The Morgan fingerprint density at radius 3 is 2.61 bits per heavy atom. The predicted octanol–water partition coefficient (Wildman–Crippen LogP) is 3.37. The first-order valence-electron chi connectivity index (χ1n) is 6.70. The maximum atomic E-state index is 12.0. The largest absolute Gasteiger partial charge is 0.482 e. The van der Waals surface area contributed by atoms with Crippen LogP contribution in [-0.2, 0) is 4.79 Å². The van der Waals surface area contributed by atoms with Gasteiger partial charge in [-0.25, -0.2) is 0 Å². The van der Waals surface area contributed by atoms with Crippen molar-refractivity contribution in [1.82, 2.24) is 5.32 Å². The third-order valence-corrected chi connectivity index (χ3v) is 3.47. The molecule has 2 rings (SSSR count). The minimum absolute atomic E-state index is 0.262. The van der Waals surface area contributed by atoms with E-state index < -0.39 is 5.91 Å². The maximum Gasteiger partial charge on any atom is 0.262 e.